The van der Waals surface area contributed by atoms with Crippen molar-refractivity contribution < 1.29 is 4.42 Å². The Bertz CT molecular complexity index is 645. The van der Waals surface area contributed by atoms with Gasteiger partial charge in [0.05, 0.1) is 4.88 Å². The van der Waals surface area contributed by atoms with Crippen molar-refractivity contribution >= 4 is 23.6 Å². The van der Waals surface area contributed by atoms with Crippen LogP contribution in [-0.4, -0.2) is 10.2 Å². The van der Waals surface area contributed by atoms with E-state index in [4.69, 9.17) is 16.6 Å². The highest BCUT2D eigenvalue weighted by Gasteiger charge is 2.30. The molecule has 0 amide bonds. The van der Waals surface area contributed by atoms with Crippen LogP contribution in [0.15, 0.2) is 10.5 Å². The predicted molar refractivity (Wildman–Crippen MR) is 80.0 cm³/mol. The second-order valence-corrected chi connectivity index (χ2v) is 7.79. The molecule has 0 radical (unpaired) electrons. The van der Waals surface area contributed by atoms with Crippen molar-refractivity contribution in [3.63, 3.8) is 0 Å². The number of thiophene rings is 1. The molecule has 5 heteroatoms. The van der Waals surface area contributed by atoms with Gasteiger partial charge in [-0.15, -0.1) is 16.4 Å². The Balaban J connectivity index is 1.91. The molecule has 2 aromatic heterocycles. The number of hydrogen-bond acceptors (Lipinski definition) is 4. The first-order valence-corrected chi connectivity index (χ1v) is 7.83. The molecule has 1 N–H and O–H groups in total. The fraction of sp³-hybridized carbons (Fsp3) is 0.571. The summed E-state index contributed by atoms with van der Waals surface area (Å²) in [6.07, 6.45) is 3.62. The number of aromatic nitrogens is 2. The Hall–Kier alpha value is -0.940. The highest BCUT2D eigenvalue weighted by Crippen LogP contribution is 2.41. The minimum atomic E-state index is 0.342. The Morgan fingerprint density at radius 3 is 2.89 bits per heavy atom. The number of H-pyrrole nitrogens is 1. The molecule has 19 heavy (non-hydrogen) atoms. The van der Waals surface area contributed by atoms with E-state index in [-0.39, 0.29) is 0 Å². The number of hydrogen-bond donors (Lipinski definition) is 1. The maximum atomic E-state index is 5.40. The lowest BCUT2D eigenvalue weighted by atomic mass is 9.72. The van der Waals surface area contributed by atoms with Crippen LogP contribution in [0, 0.1) is 16.2 Å². The first-order valence-electron chi connectivity index (χ1n) is 6.61. The van der Waals surface area contributed by atoms with Crippen molar-refractivity contribution in [1.82, 2.24) is 10.2 Å². The molecular weight excluding hydrogens is 276 g/mol. The Kier molecular flexibility index (Phi) is 3.14. The van der Waals surface area contributed by atoms with E-state index in [1.54, 1.807) is 11.3 Å². The van der Waals surface area contributed by atoms with Crippen LogP contribution in [0.2, 0.25) is 0 Å². The molecule has 0 unspecified atom stereocenters. The van der Waals surface area contributed by atoms with E-state index >= 15 is 0 Å². The Labute approximate surface area is 122 Å². The lowest BCUT2D eigenvalue weighted by Crippen LogP contribution is -2.26. The van der Waals surface area contributed by atoms with E-state index in [0.717, 1.165) is 10.8 Å². The Morgan fingerprint density at radius 2 is 2.26 bits per heavy atom. The third-order valence-corrected chi connectivity index (χ3v) is 5.36. The third kappa shape index (κ3) is 2.54. The van der Waals surface area contributed by atoms with Crippen LogP contribution in [0.5, 0.6) is 0 Å². The second-order valence-electron chi connectivity index (χ2n) is 6.28. The molecule has 0 aromatic carbocycles. The van der Waals surface area contributed by atoms with Gasteiger partial charge < -0.3 is 4.42 Å². The topological polar surface area (TPSA) is 41.8 Å². The number of rotatable bonds is 1. The molecule has 0 fully saturated rings. The zero-order chi connectivity index (χ0) is 13.6. The van der Waals surface area contributed by atoms with Crippen molar-refractivity contribution in [2.45, 2.75) is 40.0 Å². The average Bonchev–Trinajstić information content (AvgIpc) is 2.92. The summed E-state index contributed by atoms with van der Waals surface area (Å²) in [7, 11) is 0. The highest BCUT2D eigenvalue weighted by molar-refractivity contribution is 7.71. The third-order valence-electron chi connectivity index (χ3n) is 3.96. The van der Waals surface area contributed by atoms with E-state index in [2.05, 4.69) is 37.0 Å². The number of nitrogens with zero attached hydrogens (tertiary/aromatic N) is 1. The smallest absolute Gasteiger partial charge is 0.284 e. The summed E-state index contributed by atoms with van der Waals surface area (Å²) < 4.78 is 5.40. The van der Waals surface area contributed by atoms with Gasteiger partial charge in [-0.2, -0.15) is 0 Å². The van der Waals surface area contributed by atoms with E-state index < -0.39 is 0 Å². The van der Waals surface area contributed by atoms with Crippen LogP contribution in [0.25, 0.3) is 10.8 Å². The van der Waals surface area contributed by atoms with Gasteiger partial charge in [-0.25, -0.2) is 5.10 Å². The SMILES string of the molecule is CC(C)(C)[C@H]1CCc2sc(-c3n[nH]c(=S)o3)cc2C1. The molecule has 2 aromatic rings. The first-order chi connectivity index (χ1) is 8.93. The van der Waals surface area contributed by atoms with Gasteiger partial charge in [-0.3, -0.25) is 0 Å². The van der Waals surface area contributed by atoms with Crippen LogP contribution in [0.1, 0.15) is 37.6 Å². The lowest BCUT2D eigenvalue weighted by molar-refractivity contribution is 0.217. The predicted octanol–water partition coefficient (Wildman–Crippen LogP) is 4.61. The van der Waals surface area contributed by atoms with Gasteiger partial charge in [0.2, 0.25) is 0 Å². The van der Waals surface area contributed by atoms with Crippen molar-refractivity contribution in [2.24, 2.45) is 11.3 Å². The van der Waals surface area contributed by atoms with Crippen molar-refractivity contribution in [1.29, 1.82) is 0 Å². The van der Waals surface area contributed by atoms with E-state index in [1.807, 2.05) is 0 Å². The standard InChI is InChI=1S/C14H18N2OS2/c1-14(2,3)9-4-5-10-8(6-9)7-11(19-10)12-15-16-13(18)17-12/h7,9H,4-6H2,1-3H3,(H,16,18)/t9-/m0/s1. The largest absolute Gasteiger partial charge is 0.408 e. The molecule has 0 aliphatic heterocycles. The molecule has 0 saturated carbocycles. The molecule has 102 valence electrons. The summed E-state index contributed by atoms with van der Waals surface area (Å²) in [5.41, 5.74) is 1.85. The van der Waals surface area contributed by atoms with Crippen LogP contribution in [-0.2, 0) is 12.8 Å². The van der Waals surface area contributed by atoms with E-state index in [1.165, 1.54) is 29.7 Å². The summed E-state index contributed by atoms with van der Waals surface area (Å²) >= 11 is 6.72. The van der Waals surface area contributed by atoms with E-state index in [9.17, 15) is 0 Å². The van der Waals surface area contributed by atoms with Crippen molar-refractivity contribution in [2.75, 3.05) is 0 Å². The van der Waals surface area contributed by atoms with Crippen LogP contribution in [0.3, 0.4) is 0 Å². The van der Waals surface area contributed by atoms with Gasteiger partial charge in [-0.05, 0) is 54.4 Å². The Morgan fingerprint density at radius 1 is 1.47 bits per heavy atom. The van der Waals surface area contributed by atoms with Gasteiger partial charge in [0.1, 0.15) is 0 Å². The molecule has 2 heterocycles. The minimum absolute atomic E-state index is 0.342. The fourth-order valence-electron chi connectivity index (χ4n) is 2.70. The summed E-state index contributed by atoms with van der Waals surface area (Å²) in [5, 5.41) is 6.80. The molecule has 0 spiro atoms. The molecular formula is C14H18N2OS2. The quantitative estimate of drug-likeness (QED) is 0.781. The fourth-order valence-corrected chi connectivity index (χ4v) is 3.96. The van der Waals surface area contributed by atoms with E-state index in [0.29, 0.717) is 16.1 Å². The lowest BCUT2D eigenvalue weighted by Gasteiger charge is -2.33. The van der Waals surface area contributed by atoms with Crippen molar-refractivity contribution in [3.8, 4) is 10.8 Å². The second kappa shape index (κ2) is 4.56. The minimum Gasteiger partial charge on any atom is -0.408 e. The maximum absolute atomic E-state index is 5.40. The van der Waals surface area contributed by atoms with Gasteiger partial charge in [-0.1, -0.05) is 20.8 Å². The molecule has 3 rings (SSSR count). The zero-order valence-electron chi connectivity index (χ0n) is 11.4. The zero-order valence-corrected chi connectivity index (χ0v) is 13.1. The van der Waals surface area contributed by atoms with Crippen LogP contribution in [0.4, 0.5) is 0 Å². The van der Waals surface area contributed by atoms with Crippen LogP contribution < -0.4 is 0 Å². The van der Waals surface area contributed by atoms with Gasteiger partial charge >= 0.3 is 0 Å². The number of aromatic amines is 1. The van der Waals surface area contributed by atoms with Gasteiger partial charge in [0.15, 0.2) is 0 Å². The summed E-state index contributed by atoms with van der Waals surface area (Å²) in [6.45, 7) is 7.01. The summed E-state index contributed by atoms with van der Waals surface area (Å²) in [5.74, 6) is 1.38. The molecule has 1 atom stereocenters. The first kappa shape index (κ1) is 13.1. The van der Waals surface area contributed by atoms with Gasteiger partial charge in [0.25, 0.3) is 10.7 Å². The summed E-state index contributed by atoms with van der Waals surface area (Å²) in [6, 6.07) is 2.23. The normalized spacial score (nSPS) is 19.4. The molecule has 0 saturated heterocycles. The van der Waals surface area contributed by atoms with Gasteiger partial charge in [0, 0.05) is 4.88 Å². The monoisotopic (exact) mass is 294 g/mol. The van der Waals surface area contributed by atoms with Crippen molar-refractivity contribution in [3.05, 3.63) is 21.3 Å². The maximum Gasteiger partial charge on any atom is 0.284 e. The number of aryl methyl sites for hydroxylation is 1. The summed E-state index contributed by atoms with van der Waals surface area (Å²) in [4.78, 5) is 2.92. The molecule has 1 aliphatic rings. The number of fused-ring (bicyclic) bond motifs is 1. The highest BCUT2D eigenvalue weighted by atomic mass is 32.1. The molecule has 0 bridgehead atoms. The molecule has 1 aliphatic carbocycles. The average molecular weight is 294 g/mol. The number of nitrogens with one attached hydrogen (secondary N) is 1. The molecule has 3 nitrogen and oxygen atoms in total. The van der Waals surface area contributed by atoms with Crippen LogP contribution >= 0.6 is 23.6 Å².